The van der Waals surface area contributed by atoms with Gasteiger partial charge < -0.3 is 29.5 Å². The zero-order valence-corrected chi connectivity index (χ0v) is 34.9. The fourth-order valence-corrected chi connectivity index (χ4v) is 5.88. The molecule has 0 fully saturated rings. The van der Waals surface area contributed by atoms with Crippen LogP contribution in [0, 0.1) is 0 Å². The molecule has 0 saturated carbocycles. The number of rotatable bonds is 37. The minimum absolute atomic E-state index is 0.0286. The maximum Gasteiger partial charge on any atom is 0.469 e. The van der Waals surface area contributed by atoms with Crippen LogP contribution in [-0.2, 0) is 28.2 Å². The molecule has 4 N–H and O–H groups in total. The quantitative estimate of drug-likeness (QED) is 0.0157. The number of allylic oxidation sites excluding steroid dienone is 8. The van der Waals surface area contributed by atoms with Gasteiger partial charge in [0.05, 0.1) is 18.8 Å². The molecule has 0 heterocycles. The van der Waals surface area contributed by atoms with Crippen LogP contribution >= 0.6 is 7.82 Å². The summed E-state index contributed by atoms with van der Waals surface area (Å²) in [5, 5.41) is 19.9. The van der Waals surface area contributed by atoms with Gasteiger partial charge in [-0.3, -0.25) is 14.1 Å². The fourth-order valence-electron chi connectivity index (χ4n) is 5.51. The molecule has 0 radical (unpaired) electrons. The zero-order chi connectivity index (χ0) is 40.7. The molecule has 0 amide bonds. The number of carbonyl (C=O) groups excluding carboxylic acids is 2. The Morgan fingerprint density at radius 2 is 1.07 bits per heavy atom. The van der Waals surface area contributed by atoms with E-state index in [0.717, 1.165) is 25.7 Å². The van der Waals surface area contributed by atoms with Gasteiger partial charge >= 0.3 is 19.8 Å². The van der Waals surface area contributed by atoms with Crippen molar-refractivity contribution in [3.8, 4) is 0 Å². The second-order valence-corrected chi connectivity index (χ2v) is 15.2. The molecule has 0 rings (SSSR count). The Morgan fingerprint density at radius 3 is 1.58 bits per heavy atom. The van der Waals surface area contributed by atoms with Crippen LogP contribution in [-0.4, -0.2) is 63.5 Å². The lowest BCUT2D eigenvalue weighted by Gasteiger charge is -2.18. The van der Waals surface area contributed by atoms with Crippen molar-refractivity contribution in [2.75, 3.05) is 13.2 Å². The van der Waals surface area contributed by atoms with Crippen molar-refractivity contribution >= 4 is 19.8 Å². The van der Waals surface area contributed by atoms with Crippen LogP contribution in [0.25, 0.3) is 0 Å². The number of aliphatic hydroxyl groups excluding tert-OH is 2. The minimum atomic E-state index is -4.80. The Bertz CT molecular complexity index is 1150. The summed E-state index contributed by atoms with van der Waals surface area (Å²) in [7, 11) is -4.80. The number of unbranched alkanes of at least 4 members (excludes halogenated alkanes) is 15. The van der Waals surface area contributed by atoms with Crippen molar-refractivity contribution in [3.63, 3.8) is 0 Å². The summed E-state index contributed by atoms with van der Waals surface area (Å²) >= 11 is 0. The topological polar surface area (TPSA) is 160 Å². The van der Waals surface area contributed by atoms with Crippen LogP contribution in [0.15, 0.2) is 72.9 Å². The molecule has 0 aliphatic heterocycles. The van der Waals surface area contributed by atoms with Crippen molar-refractivity contribution in [2.45, 2.75) is 180 Å². The highest BCUT2D eigenvalue weighted by atomic mass is 31.2. The average Bonchev–Trinajstić information content (AvgIpc) is 3.14. The van der Waals surface area contributed by atoms with E-state index in [2.05, 4.69) is 11.4 Å². The fraction of sp³-hybridized carbons (Fsp3) is 0.682. The molecule has 0 aromatic carbocycles. The lowest BCUT2D eigenvalue weighted by atomic mass is 10.0. The van der Waals surface area contributed by atoms with Gasteiger partial charge in [-0.15, -0.1) is 0 Å². The van der Waals surface area contributed by atoms with E-state index in [1.165, 1.54) is 77.0 Å². The Kier molecular flexibility index (Phi) is 36.5. The van der Waals surface area contributed by atoms with E-state index in [4.69, 9.17) is 19.3 Å². The Balaban J connectivity index is 4.17. The lowest BCUT2D eigenvalue weighted by Crippen LogP contribution is -2.29. The third-order valence-corrected chi connectivity index (χ3v) is 9.15. The molecule has 0 bridgehead atoms. The van der Waals surface area contributed by atoms with E-state index < -0.39 is 44.7 Å². The van der Waals surface area contributed by atoms with Gasteiger partial charge in [-0.2, -0.15) is 0 Å². The number of aliphatic hydroxyl groups is 2. The van der Waals surface area contributed by atoms with Crippen molar-refractivity contribution < 1.29 is 48.2 Å². The highest BCUT2D eigenvalue weighted by Gasteiger charge is 2.22. The summed E-state index contributed by atoms with van der Waals surface area (Å²) in [6.45, 7) is 3.35. The van der Waals surface area contributed by atoms with Gasteiger partial charge in [-0.25, -0.2) is 4.57 Å². The van der Waals surface area contributed by atoms with E-state index >= 15 is 0 Å². The highest BCUT2D eigenvalue weighted by Crippen LogP contribution is 2.36. The Labute approximate surface area is 333 Å². The van der Waals surface area contributed by atoms with Gasteiger partial charge in [0.25, 0.3) is 0 Å². The molecular formula is C44H75O10P. The highest BCUT2D eigenvalue weighted by molar-refractivity contribution is 7.46. The summed E-state index contributed by atoms with van der Waals surface area (Å²) in [6, 6.07) is 0. The minimum Gasteiger partial charge on any atom is -0.462 e. The Hall–Kier alpha value is -2.59. The van der Waals surface area contributed by atoms with E-state index in [9.17, 15) is 24.4 Å². The molecule has 55 heavy (non-hydrogen) atoms. The van der Waals surface area contributed by atoms with Crippen molar-refractivity contribution in [3.05, 3.63) is 72.9 Å². The maximum atomic E-state index is 12.4. The number of ether oxygens (including phenoxy) is 2. The first-order chi connectivity index (χ1) is 26.6. The predicted molar refractivity (Wildman–Crippen MR) is 223 cm³/mol. The predicted octanol–water partition coefficient (Wildman–Crippen LogP) is 10.6. The molecule has 11 heteroatoms. The third-order valence-electron chi connectivity index (χ3n) is 8.67. The van der Waals surface area contributed by atoms with Gasteiger partial charge in [0.1, 0.15) is 6.61 Å². The second kappa shape index (κ2) is 38.3. The molecule has 3 atom stereocenters. The summed E-state index contributed by atoms with van der Waals surface area (Å²) in [4.78, 5) is 42.8. The van der Waals surface area contributed by atoms with E-state index in [0.29, 0.717) is 32.1 Å². The molecule has 10 nitrogen and oxygen atoms in total. The number of phosphoric acid groups is 1. The van der Waals surface area contributed by atoms with Crippen LogP contribution in [0.5, 0.6) is 0 Å². The summed E-state index contributed by atoms with van der Waals surface area (Å²) < 4.78 is 26.3. The molecule has 0 aliphatic carbocycles. The van der Waals surface area contributed by atoms with Crippen molar-refractivity contribution in [2.24, 2.45) is 0 Å². The summed E-state index contributed by atoms with van der Waals surface area (Å²) in [5.41, 5.74) is 0. The smallest absolute Gasteiger partial charge is 0.462 e. The van der Waals surface area contributed by atoms with Gasteiger partial charge in [0, 0.05) is 12.8 Å². The van der Waals surface area contributed by atoms with Crippen molar-refractivity contribution in [1.82, 2.24) is 0 Å². The van der Waals surface area contributed by atoms with Crippen molar-refractivity contribution in [1.29, 1.82) is 0 Å². The number of esters is 2. The van der Waals surface area contributed by atoms with Gasteiger partial charge in [-0.05, 0) is 38.5 Å². The molecule has 0 aromatic rings. The number of hydrogen-bond acceptors (Lipinski definition) is 8. The van der Waals surface area contributed by atoms with Gasteiger partial charge in [0.2, 0.25) is 0 Å². The molecule has 0 aromatic heterocycles. The molecule has 0 saturated heterocycles. The van der Waals surface area contributed by atoms with Crippen LogP contribution in [0.3, 0.4) is 0 Å². The van der Waals surface area contributed by atoms with Crippen LogP contribution in [0.4, 0.5) is 0 Å². The maximum absolute atomic E-state index is 12.4. The average molecular weight is 795 g/mol. The first-order valence-corrected chi connectivity index (χ1v) is 22.5. The number of phosphoric ester groups is 1. The van der Waals surface area contributed by atoms with Gasteiger partial charge in [-0.1, -0.05) is 183 Å². The van der Waals surface area contributed by atoms with E-state index in [1.54, 1.807) is 36.5 Å². The molecule has 0 spiro atoms. The van der Waals surface area contributed by atoms with E-state index in [1.807, 2.05) is 43.4 Å². The van der Waals surface area contributed by atoms with Crippen LogP contribution in [0.1, 0.15) is 162 Å². The first kappa shape index (κ1) is 52.4. The molecule has 0 unspecified atom stereocenters. The number of carbonyl (C=O) groups is 2. The lowest BCUT2D eigenvalue weighted by molar-refractivity contribution is -0.161. The van der Waals surface area contributed by atoms with Crippen LogP contribution < -0.4 is 0 Å². The zero-order valence-electron chi connectivity index (χ0n) is 34.0. The third kappa shape index (κ3) is 40.9. The van der Waals surface area contributed by atoms with Crippen LogP contribution in [0.2, 0.25) is 0 Å². The molecule has 0 aliphatic rings. The number of hydrogen-bond donors (Lipinski definition) is 4. The molecule has 316 valence electrons. The SMILES string of the molecule is CC/C=C\C[C@H](O)/C=C/C=C\C=C\[C@H](O)C/C=C\C/C=C\CCC(=O)O[C@H](COC(=O)CCCCCCCCCCCCCCCCCC)COP(=O)(O)O. The summed E-state index contributed by atoms with van der Waals surface area (Å²) in [5.74, 6) is -1.05. The monoisotopic (exact) mass is 795 g/mol. The summed E-state index contributed by atoms with van der Waals surface area (Å²) in [6.07, 6.45) is 42.7. The molecular weight excluding hydrogens is 719 g/mol. The largest absolute Gasteiger partial charge is 0.469 e. The van der Waals surface area contributed by atoms with E-state index in [-0.39, 0.29) is 19.4 Å². The standard InChI is InChI=1S/C44H75O10P/c1-3-5-7-8-9-10-11-12-13-14-15-16-17-18-22-30-36-43(47)52-38-42(39-53-55(49,50)51)54-44(48)37-31-23-20-19-21-27-33-41(46)35-29-25-24-28-34-40(45)32-26-6-4-2/h6,20-21,23-29,34-35,40-42,45-46H,3-5,7-19,22,30-33,36-39H2,1-2H3,(H2,49,50,51)/b23-20-,25-24-,26-6-,27-21-,34-28+,35-29+/t40-,41+,42+/m0/s1. The Morgan fingerprint density at radius 1 is 0.582 bits per heavy atom. The van der Waals surface area contributed by atoms with Gasteiger partial charge in [0.15, 0.2) is 6.10 Å². The first-order valence-electron chi connectivity index (χ1n) is 20.9. The second-order valence-electron chi connectivity index (χ2n) is 14.0. The normalized spacial score (nSPS) is 14.4.